The van der Waals surface area contributed by atoms with Crippen LogP contribution in [0, 0.1) is 17.1 Å². The fourth-order valence-electron chi connectivity index (χ4n) is 2.49. The standard InChI is InChI=1S/C15H21FN2O/c1-4-19-9-14(10(2)3)18-8-11-5-6-12(16)7-13(11)15(18)17/h5-7,10,14,17H,4,8-9H2,1-3H3. The first-order valence-electron chi connectivity index (χ1n) is 6.76. The molecular formula is C15H21FN2O. The number of rotatable bonds is 5. The molecule has 1 aliphatic rings. The molecule has 3 nitrogen and oxygen atoms in total. The fourth-order valence-corrected chi connectivity index (χ4v) is 2.49. The van der Waals surface area contributed by atoms with Gasteiger partial charge >= 0.3 is 0 Å². The van der Waals surface area contributed by atoms with Crippen molar-refractivity contribution >= 4 is 5.84 Å². The van der Waals surface area contributed by atoms with Crippen LogP contribution in [0.5, 0.6) is 0 Å². The van der Waals surface area contributed by atoms with E-state index in [0.29, 0.717) is 37.1 Å². The molecule has 0 spiro atoms. The highest BCUT2D eigenvalue weighted by atomic mass is 19.1. The van der Waals surface area contributed by atoms with Crippen LogP contribution in [-0.4, -0.2) is 30.0 Å². The van der Waals surface area contributed by atoms with Gasteiger partial charge in [-0.1, -0.05) is 19.9 Å². The molecule has 2 rings (SSSR count). The van der Waals surface area contributed by atoms with E-state index >= 15 is 0 Å². The van der Waals surface area contributed by atoms with E-state index in [2.05, 4.69) is 13.8 Å². The van der Waals surface area contributed by atoms with Crippen LogP contribution in [-0.2, 0) is 11.3 Å². The maximum atomic E-state index is 13.3. The lowest BCUT2D eigenvalue weighted by atomic mass is 10.0. The second-order valence-corrected chi connectivity index (χ2v) is 5.25. The molecule has 0 saturated carbocycles. The van der Waals surface area contributed by atoms with Gasteiger partial charge in [-0.2, -0.15) is 0 Å². The van der Waals surface area contributed by atoms with Crippen LogP contribution in [0.2, 0.25) is 0 Å². The first kappa shape index (κ1) is 14.0. The second-order valence-electron chi connectivity index (χ2n) is 5.25. The summed E-state index contributed by atoms with van der Waals surface area (Å²) >= 11 is 0. The largest absolute Gasteiger partial charge is 0.380 e. The number of hydrogen-bond acceptors (Lipinski definition) is 2. The quantitative estimate of drug-likeness (QED) is 0.887. The van der Waals surface area contributed by atoms with Crippen LogP contribution in [0.15, 0.2) is 18.2 Å². The first-order valence-corrected chi connectivity index (χ1v) is 6.76. The molecule has 0 fully saturated rings. The molecular weight excluding hydrogens is 243 g/mol. The normalized spacial score (nSPS) is 16.1. The van der Waals surface area contributed by atoms with Gasteiger partial charge in [-0.3, -0.25) is 5.41 Å². The molecule has 0 saturated heterocycles. The van der Waals surface area contributed by atoms with Gasteiger partial charge in [0.05, 0.1) is 12.6 Å². The monoisotopic (exact) mass is 264 g/mol. The van der Waals surface area contributed by atoms with Crippen LogP contribution in [0.3, 0.4) is 0 Å². The maximum absolute atomic E-state index is 13.3. The summed E-state index contributed by atoms with van der Waals surface area (Å²) in [6.45, 7) is 8.17. The van der Waals surface area contributed by atoms with Crippen molar-refractivity contribution in [2.75, 3.05) is 13.2 Å². The Morgan fingerprint density at radius 3 is 2.79 bits per heavy atom. The van der Waals surface area contributed by atoms with Gasteiger partial charge in [-0.25, -0.2) is 4.39 Å². The lowest BCUT2D eigenvalue weighted by Crippen LogP contribution is -2.42. The average Bonchev–Trinajstić information content (AvgIpc) is 2.67. The van der Waals surface area contributed by atoms with Gasteiger partial charge in [0.2, 0.25) is 0 Å². The van der Waals surface area contributed by atoms with E-state index in [1.165, 1.54) is 12.1 Å². The number of hydrogen-bond donors (Lipinski definition) is 1. The van der Waals surface area contributed by atoms with Gasteiger partial charge in [0, 0.05) is 18.7 Å². The van der Waals surface area contributed by atoms with Crippen molar-refractivity contribution in [1.82, 2.24) is 4.90 Å². The van der Waals surface area contributed by atoms with Crippen molar-refractivity contribution in [3.63, 3.8) is 0 Å². The van der Waals surface area contributed by atoms with Gasteiger partial charge in [-0.05, 0) is 30.5 Å². The van der Waals surface area contributed by atoms with E-state index in [1.54, 1.807) is 6.07 Å². The third-order valence-electron chi connectivity index (χ3n) is 3.62. The third-order valence-corrected chi connectivity index (χ3v) is 3.62. The Labute approximate surface area is 113 Å². The molecule has 1 aromatic rings. The van der Waals surface area contributed by atoms with Crippen molar-refractivity contribution in [1.29, 1.82) is 5.41 Å². The summed E-state index contributed by atoms with van der Waals surface area (Å²) in [6.07, 6.45) is 0. The number of ether oxygens (including phenoxy) is 1. The van der Waals surface area contributed by atoms with Crippen LogP contribution in [0.4, 0.5) is 4.39 Å². The molecule has 1 N–H and O–H groups in total. The van der Waals surface area contributed by atoms with Crippen molar-refractivity contribution < 1.29 is 9.13 Å². The topological polar surface area (TPSA) is 36.3 Å². The van der Waals surface area contributed by atoms with Gasteiger partial charge in [-0.15, -0.1) is 0 Å². The molecule has 4 heteroatoms. The first-order chi connectivity index (χ1) is 9.04. The Hall–Kier alpha value is -1.42. The van der Waals surface area contributed by atoms with Crippen LogP contribution < -0.4 is 0 Å². The SMILES string of the molecule is CCOCC(C(C)C)N1Cc2ccc(F)cc2C1=N. The molecule has 0 radical (unpaired) electrons. The molecule has 1 heterocycles. The fraction of sp³-hybridized carbons (Fsp3) is 0.533. The number of benzene rings is 1. The molecule has 1 atom stereocenters. The Morgan fingerprint density at radius 1 is 1.42 bits per heavy atom. The van der Waals surface area contributed by atoms with E-state index in [0.717, 1.165) is 5.56 Å². The molecule has 1 aromatic carbocycles. The molecule has 0 aliphatic carbocycles. The van der Waals surface area contributed by atoms with Crippen LogP contribution >= 0.6 is 0 Å². The summed E-state index contributed by atoms with van der Waals surface area (Å²) in [6, 6.07) is 4.85. The van der Waals surface area contributed by atoms with Crippen molar-refractivity contribution in [3.8, 4) is 0 Å². The molecule has 19 heavy (non-hydrogen) atoms. The zero-order valence-corrected chi connectivity index (χ0v) is 11.7. The number of nitrogens with zero attached hydrogens (tertiary/aromatic N) is 1. The van der Waals surface area contributed by atoms with Crippen molar-refractivity contribution in [3.05, 3.63) is 35.1 Å². The number of nitrogens with one attached hydrogen (secondary N) is 1. The highest BCUT2D eigenvalue weighted by Crippen LogP contribution is 2.27. The van der Waals surface area contributed by atoms with Gasteiger partial charge in [0.15, 0.2) is 0 Å². The van der Waals surface area contributed by atoms with Gasteiger partial charge < -0.3 is 9.64 Å². The summed E-state index contributed by atoms with van der Waals surface area (Å²) in [4.78, 5) is 2.02. The molecule has 0 amide bonds. The number of fused-ring (bicyclic) bond motifs is 1. The van der Waals surface area contributed by atoms with E-state index in [1.807, 2.05) is 11.8 Å². The van der Waals surface area contributed by atoms with Crippen LogP contribution in [0.25, 0.3) is 0 Å². The Kier molecular flexibility index (Phi) is 4.20. The van der Waals surface area contributed by atoms with Gasteiger partial charge in [0.1, 0.15) is 11.7 Å². The summed E-state index contributed by atoms with van der Waals surface area (Å²) in [5.74, 6) is 0.509. The lowest BCUT2D eigenvalue weighted by molar-refractivity contribution is 0.0737. The summed E-state index contributed by atoms with van der Waals surface area (Å²) in [5.41, 5.74) is 1.73. The highest BCUT2D eigenvalue weighted by molar-refractivity contribution is 6.00. The lowest BCUT2D eigenvalue weighted by Gasteiger charge is -2.32. The van der Waals surface area contributed by atoms with E-state index < -0.39 is 0 Å². The molecule has 104 valence electrons. The Bertz CT molecular complexity index is 473. The minimum Gasteiger partial charge on any atom is -0.380 e. The summed E-state index contributed by atoms with van der Waals surface area (Å²) in [7, 11) is 0. The highest BCUT2D eigenvalue weighted by Gasteiger charge is 2.31. The van der Waals surface area contributed by atoms with Crippen molar-refractivity contribution in [2.45, 2.75) is 33.4 Å². The smallest absolute Gasteiger partial charge is 0.129 e. The van der Waals surface area contributed by atoms with E-state index in [4.69, 9.17) is 10.1 Å². The molecule has 1 unspecified atom stereocenters. The molecule has 0 bridgehead atoms. The zero-order valence-electron chi connectivity index (χ0n) is 11.7. The summed E-state index contributed by atoms with van der Waals surface area (Å²) in [5, 5.41) is 8.25. The maximum Gasteiger partial charge on any atom is 0.129 e. The average molecular weight is 264 g/mol. The zero-order chi connectivity index (χ0) is 14.0. The minimum absolute atomic E-state index is 0.155. The Morgan fingerprint density at radius 2 is 2.16 bits per heavy atom. The van der Waals surface area contributed by atoms with Crippen molar-refractivity contribution in [2.24, 2.45) is 5.92 Å². The van der Waals surface area contributed by atoms with Gasteiger partial charge in [0.25, 0.3) is 0 Å². The van der Waals surface area contributed by atoms with E-state index in [-0.39, 0.29) is 11.9 Å². The minimum atomic E-state index is -0.281. The molecule has 1 aliphatic heterocycles. The Balaban J connectivity index is 2.21. The molecule has 0 aromatic heterocycles. The predicted octanol–water partition coefficient (Wildman–Crippen LogP) is 3.03. The number of halogens is 1. The third kappa shape index (κ3) is 2.78. The van der Waals surface area contributed by atoms with Crippen LogP contribution in [0.1, 0.15) is 31.9 Å². The predicted molar refractivity (Wildman–Crippen MR) is 73.9 cm³/mol. The van der Waals surface area contributed by atoms with E-state index in [9.17, 15) is 4.39 Å². The second kappa shape index (κ2) is 5.70. The summed E-state index contributed by atoms with van der Waals surface area (Å²) < 4.78 is 18.8. The number of amidine groups is 1.